The van der Waals surface area contributed by atoms with E-state index in [9.17, 15) is 0 Å². The molecule has 0 saturated heterocycles. The molecular formula is C21H21ClN4. The molecule has 2 aromatic carbocycles. The molecule has 0 atom stereocenters. The number of rotatable bonds is 4. The smallest absolute Gasteiger partial charge is 0.229 e. The van der Waals surface area contributed by atoms with E-state index < -0.39 is 0 Å². The summed E-state index contributed by atoms with van der Waals surface area (Å²) in [7, 11) is 0. The van der Waals surface area contributed by atoms with E-state index in [0.717, 1.165) is 48.2 Å². The summed E-state index contributed by atoms with van der Waals surface area (Å²) < 4.78 is 0. The maximum atomic E-state index is 6.12. The Balaban J connectivity index is 1.62. The van der Waals surface area contributed by atoms with E-state index in [-0.39, 0.29) is 0 Å². The Morgan fingerprint density at radius 2 is 1.88 bits per heavy atom. The third-order valence-electron chi connectivity index (χ3n) is 4.66. The second kappa shape index (κ2) is 7.34. The molecule has 1 aliphatic rings. The second-order valence-corrected chi connectivity index (χ2v) is 6.91. The number of fused-ring (bicyclic) bond motifs is 1. The van der Waals surface area contributed by atoms with Crippen LogP contribution in [0.2, 0.25) is 5.02 Å². The van der Waals surface area contributed by atoms with Crippen molar-refractivity contribution in [2.24, 2.45) is 0 Å². The van der Waals surface area contributed by atoms with Gasteiger partial charge in [-0.1, -0.05) is 42.8 Å². The molecule has 2 heterocycles. The summed E-state index contributed by atoms with van der Waals surface area (Å²) in [5, 5.41) is 4.13. The third kappa shape index (κ3) is 3.65. The summed E-state index contributed by atoms with van der Waals surface area (Å²) >= 11 is 6.12. The summed E-state index contributed by atoms with van der Waals surface area (Å²) in [5.74, 6) is 1.61. The maximum absolute atomic E-state index is 6.12. The van der Waals surface area contributed by atoms with E-state index in [2.05, 4.69) is 40.3 Å². The Morgan fingerprint density at radius 1 is 1.04 bits per heavy atom. The number of aryl methyl sites for hydroxylation is 1. The maximum Gasteiger partial charge on any atom is 0.229 e. The average Bonchev–Trinajstić information content (AvgIpc) is 2.68. The van der Waals surface area contributed by atoms with Crippen LogP contribution in [0.15, 0.2) is 54.6 Å². The number of hydrogen-bond acceptors (Lipinski definition) is 4. The van der Waals surface area contributed by atoms with Crippen molar-refractivity contribution < 1.29 is 0 Å². The summed E-state index contributed by atoms with van der Waals surface area (Å²) in [6, 6.07) is 18.3. The van der Waals surface area contributed by atoms with E-state index in [4.69, 9.17) is 16.6 Å². The van der Waals surface area contributed by atoms with Crippen molar-refractivity contribution in [3.63, 3.8) is 0 Å². The van der Waals surface area contributed by atoms with Gasteiger partial charge in [-0.3, -0.25) is 0 Å². The molecule has 0 aliphatic carbocycles. The molecule has 1 aliphatic heterocycles. The lowest BCUT2D eigenvalue weighted by molar-refractivity contribution is 0.718. The van der Waals surface area contributed by atoms with Crippen LogP contribution in [0.4, 0.5) is 17.5 Å². The molecule has 0 spiro atoms. The fourth-order valence-electron chi connectivity index (χ4n) is 3.25. The van der Waals surface area contributed by atoms with Crippen LogP contribution in [0.3, 0.4) is 0 Å². The van der Waals surface area contributed by atoms with Crippen molar-refractivity contribution in [1.29, 1.82) is 0 Å². The van der Waals surface area contributed by atoms with Gasteiger partial charge in [0.15, 0.2) is 0 Å². The lowest BCUT2D eigenvalue weighted by Crippen LogP contribution is -2.31. The molecule has 0 saturated carbocycles. The quantitative estimate of drug-likeness (QED) is 0.707. The van der Waals surface area contributed by atoms with E-state index in [1.165, 1.54) is 11.1 Å². The molecule has 0 radical (unpaired) electrons. The van der Waals surface area contributed by atoms with E-state index >= 15 is 0 Å². The van der Waals surface area contributed by atoms with Crippen molar-refractivity contribution in [3.05, 3.63) is 76.4 Å². The fourth-order valence-corrected chi connectivity index (χ4v) is 3.44. The molecule has 0 unspecified atom stereocenters. The Labute approximate surface area is 158 Å². The lowest BCUT2D eigenvalue weighted by atomic mass is 10.00. The van der Waals surface area contributed by atoms with Gasteiger partial charge in [0.25, 0.3) is 0 Å². The number of anilines is 3. The van der Waals surface area contributed by atoms with Gasteiger partial charge in [0, 0.05) is 35.6 Å². The third-order valence-corrected chi connectivity index (χ3v) is 4.90. The van der Waals surface area contributed by atoms with Crippen molar-refractivity contribution in [3.8, 4) is 0 Å². The fraction of sp³-hybridized carbons (Fsp3) is 0.238. The first-order valence-corrected chi connectivity index (χ1v) is 9.31. The molecular weight excluding hydrogens is 344 g/mol. The molecule has 4 rings (SSSR count). The summed E-state index contributed by atoms with van der Waals surface area (Å²) in [6.45, 7) is 3.89. The van der Waals surface area contributed by atoms with Crippen LogP contribution in [0, 0.1) is 0 Å². The number of nitrogens with zero attached hydrogens (tertiary/aromatic N) is 3. The molecule has 0 amide bonds. The van der Waals surface area contributed by atoms with Gasteiger partial charge in [-0.2, -0.15) is 4.98 Å². The molecule has 0 fully saturated rings. The van der Waals surface area contributed by atoms with Gasteiger partial charge in [-0.05, 0) is 48.2 Å². The predicted molar refractivity (Wildman–Crippen MR) is 107 cm³/mol. The highest BCUT2D eigenvalue weighted by Gasteiger charge is 2.19. The summed E-state index contributed by atoms with van der Waals surface area (Å²) in [5.41, 5.74) is 4.68. The minimum absolute atomic E-state index is 0.646. The Bertz CT molecular complexity index is 911. The van der Waals surface area contributed by atoms with Crippen LogP contribution >= 0.6 is 11.6 Å². The first-order valence-electron chi connectivity index (χ1n) is 8.93. The van der Waals surface area contributed by atoms with Crippen molar-refractivity contribution in [2.75, 3.05) is 16.8 Å². The molecule has 1 N–H and O–H groups in total. The van der Waals surface area contributed by atoms with Gasteiger partial charge in [0.1, 0.15) is 5.82 Å². The number of aromatic nitrogens is 2. The van der Waals surface area contributed by atoms with Crippen molar-refractivity contribution in [1.82, 2.24) is 9.97 Å². The second-order valence-electron chi connectivity index (χ2n) is 6.47. The van der Waals surface area contributed by atoms with E-state index in [1.807, 2.05) is 36.4 Å². The minimum Gasteiger partial charge on any atom is -0.352 e. The first kappa shape index (κ1) is 16.9. The largest absolute Gasteiger partial charge is 0.352 e. The number of hydrogen-bond donors (Lipinski definition) is 1. The normalized spacial score (nSPS) is 13.4. The van der Waals surface area contributed by atoms with E-state index in [1.54, 1.807) is 0 Å². The highest BCUT2D eigenvalue weighted by Crippen LogP contribution is 2.27. The molecule has 4 nitrogen and oxygen atoms in total. The van der Waals surface area contributed by atoms with Gasteiger partial charge in [0.2, 0.25) is 5.95 Å². The summed E-state index contributed by atoms with van der Waals surface area (Å²) in [4.78, 5) is 11.7. The summed E-state index contributed by atoms with van der Waals surface area (Å²) in [6.07, 6.45) is 1.85. The zero-order valence-corrected chi connectivity index (χ0v) is 15.5. The van der Waals surface area contributed by atoms with Crippen LogP contribution < -0.4 is 10.2 Å². The highest BCUT2D eigenvalue weighted by molar-refractivity contribution is 6.30. The van der Waals surface area contributed by atoms with Crippen molar-refractivity contribution >= 4 is 29.1 Å². The highest BCUT2D eigenvalue weighted by atomic mass is 35.5. The molecule has 132 valence electrons. The van der Waals surface area contributed by atoms with Gasteiger partial charge >= 0.3 is 0 Å². The van der Waals surface area contributed by atoms with Crippen LogP contribution in [0.1, 0.15) is 23.7 Å². The first-order chi connectivity index (χ1) is 12.7. The van der Waals surface area contributed by atoms with Gasteiger partial charge < -0.3 is 10.2 Å². The van der Waals surface area contributed by atoms with Gasteiger partial charge in [-0.25, -0.2) is 4.98 Å². The molecule has 3 aromatic rings. The van der Waals surface area contributed by atoms with Crippen LogP contribution in [-0.2, 0) is 19.4 Å². The Hall–Kier alpha value is -2.59. The Kier molecular flexibility index (Phi) is 4.76. The zero-order valence-electron chi connectivity index (χ0n) is 14.7. The predicted octanol–water partition coefficient (Wildman–Crippen LogP) is 5.00. The van der Waals surface area contributed by atoms with Crippen LogP contribution in [-0.4, -0.2) is 16.5 Å². The molecule has 26 heavy (non-hydrogen) atoms. The minimum atomic E-state index is 0.646. The lowest BCUT2D eigenvalue weighted by Gasteiger charge is -2.30. The molecule has 1 aromatic heterocycles. The topological polar surface area (TPSA) is 41.1 Å². The van der Waals surface area contributed by atoms with Crippen LogP contribution in [0.5, 0.6) is 0 Å². The standard InChI is InChI=1S/C21H21ClN4/c1-2-18-13-20(25-21(23-18)24-19-6-4-3-5-7-19)26-11-10-15-12-17(22)9-8-16(15)14-26/h3-9,12-13H,2,10-11,14H2,1H3,(H,23,24,25). The average molecular weight is 365 g/mol. The number of nitrogens with one attached hydrogen (secondary N) is 1. The number of para-hydroxylation sites is 1. The SMILES string of the molecule is CCc1cc(N2CCc3cc(Cl)ccc3C2)nc(Nc2ccccc2)n1. The number of benzene rings is 2. The van der Waals surface area contributed by atoms with Crippen LogP contribution in [0.25, 0.3) is 0 Å². The monoisotopic (exact) mass is 364 g/mol. The molecule has 5 heteroatoms. The number of halogens is 1. The Morgan fingerprint density at radius 3 is 2.69 bits per heavy atom. The van der Waals surface area contributed by atoms with Gasteiger partial charge in [0.05, 0.1) is 0 Å². The van der Waals surface area contributed by atoms with Crippen molar-refractivity contribution in [2.45, 2.75) is 26.3 Å². The van der Waals surface area contributed by atoms with Gasteiger partial charge in [-0.15, -0.1) is 0 Å². The zero-order chi connectivity index (χ0) is 17.9. The van der Waals surface area contributed by atoms with E-state index in [0.29, 0.717) is 5.95 Å². The molecule has 0 bridgehead atoms.